The van der Waals surface area contributed by atoms with Gasteiger partial charge in [0.15, 0.2) is 5.13 Å². The highest BCUT2D eigenvalue weighted by Crippen LogP contribution is 2.26. The van der Waals surface area contributed by atoms with E-state index in [2.05, 4.69) is 20.0 Å². The summed E-state index contributed by atoms with van der Waals surface area (Å²) in [5, 5.41) is 3.33. The van der Waals surface area contributed by atoms with Crippen LogP contribution in [0.2, 0.25) is 0 Å². The SMILES string of the molecule is COC(=O)Cc1nc(NC(=O)c2ccncc2)sc1N. The molecule has 8 heteroatoms. The summed E-state index contributed by atoms with van der Waals surface area (Å²) in [7, 11) is 1.29. The van der Waals surface area contributed by atoms with Crippen molar-refractivity contribution >= 4 is 33.3 Å². The number of anilines is 2. The molecular formula is C12H12N4O3S. The second kappa shape index (κ2) is 6.11. The van der Waals surface area contributed by atoms with Crippen LogP contribution in [-0.4, -0.2) is 29.0 Å². The van der Waals surface area contributed by atoms with Crippen molar-refractivity contribution in [3.05, 3.63) is 35.8 Å². The van der Waals surface area contributed by atoms with E-state index in [-0.39, 0.29) is 12.3 Å². The number of rotatable bonds is 4. The molecule has 0 saturated heterocycles. The molecule has 7 nitrogen and oxygen atoms in total. The smallest absolute Gasteiger partial charge is 0.311 e. The Bertz CT molecular complexity index is 627. The lowest BCUT2D eigenvalue weighted by atomic mass is 10.2. The van der Waals surface area contributed by atoms with Crippen LogP contribution in [0.1, 0.15) is 16.1 Å². The molecule has 0 saturated carbocycles. The van der Waals surface area contributed by atoms with E-state index in [0.717, 1.165) is 11.3 Å². The Kier molecular flexibility index (Phi) is 4.26. The van der Waals surface area contributed by atoms with Crippen molar-refractivity contribution in [1.82, 2.24) is 9.97 Å². The van der Waals surface area contributed by atoms with E-state index in [9.17, 15) is 9.59 Å². The summed E-state index contributed by atoms with van der Waals surface area (Å²) >= 11 is 1.10. The van der Waals surface area contributed by atoms with Crippen molar-refractivity contribution in [2.24, 2.45) is 0 Å². The first kappa shape index (κ1) is 13.9. The molecule has 0 aliphatic rings. The highest BCUT2D eigenvalue weighted by atomic mass is 32.1. The number of esters is 1. The second-order valence-corrected chi connectivity index (χ2v) is 4.80. The van der Waals surface area contributed by atoms with E-state index < -0.39 is 5.97 Å². The van der Waals surface area contributed by atoms with Gasteiger partial charge in [-0.05, 0) is 12.1 Å². The molecule has 0 fully saturated rings. The first-order chi connectivity index (χ1) is 9.60. The van der Waals surface area contributed by atoms with Crippen LogP contribution in [0.15, 0.2) is 24.5 Å². The van der Waals surface area contributed by atoms with Gasteiger partial charge in [-0.2, -0.15) is 0 Å². The van der Waals surface area contributed by atoms with Gasteiger partial charge in [0.2, 0.25) is 0 Å². The van der Waals surface area contributed by atoms with Gasteiger partial charge in [-0.15, -0.1) is 0 Å². The molecule has 104 valence electrons. The van der Waals surface area contributed by atoms with Crippen LogP contribution in [-0.2, 0) is 16.0 Å². The fourth-order valence-electron chi connectivity index (χ4n) is 1.43. The molecule has 0 aliphatic carbocycles. The number of nitrogens with zero attached hydrogens (tertiary/aromatic N) is 2. The van der Waals surface area contributed by atoms with E-state index >= 15 is 0 Å². The minimum Gasteiger partial charge on any atom is -0.469 e. The number of pyridine rings is 1. The zero-order chi connectivity index (χ0) is 14.5. The molecule has 1 amide bonds. The number of hydrogen-bond donors (Lipinski definition) is 2. The van der Waals surface area contributed by atoms with Crippen LogP contribution in [0.4, 0.5) is 10.1 Å². The Morgan fingerprint density at radius 3 is 2.75 bits per heavy atom. The number of methoxy groups -OCH3 is 1. The minimum atomic E-state index is -0.436. The number of carbonyl (C=O) groups is 2. The zero-order valence-corrected chi connectivity index (χ0v) is 11.4. The Morgan fingerprint density at radius 1 is 1.40 bits per heavy atom. The Hall–Kier alpha value is -2.48. The number of nitrogens with two attached hydrogens (primary N) is 1. The van der Waals surface area contributed by atoms with Gasteiger partial charge in [0.05, 0.1) is 19.2 Å². The topological polar surface area (TPSA) is 107 Å². The summed E-state index contributed by atoms with van der Waals surface area (Å²) in [5.74, 6) is -0.750. The fourth-order valence-corrected chi connectivity index (χ4v) is 2.17. The highest BCUT2D eigenvalue weighted by Gasteiger charge is 2.15. The van der Waals surface area contributed by atoms with Crippen molar-refractivity contribution in [2.75, 3.05) is 18.2 Å². The Balaban J connectivity index is 2.09. The monoisotopic (exact) mass is 292 g/mol. The molecule has 2 heterocycles. The number of carbonyl (C=O) groups excluding carboxylic acids is 2. The lowest BCUT2D eigenvalue weighted by molar-refractivity contribution is -0.139. The summed E-state index contributed by atoms with van der Waals surface area (Å²) in [6.45, 7) is 0. The zero-order valence-electron chi connectivity index (χ0n) is 10.6. The van der Waals surface area contributed by atoms with Crippen molar-refractivity contribution in [3.63, 3.8) is 0 Å². The average molecular weight is 292 g/mol. The molecule has 0 unspecified atom stereocenters. The van der Waals surface area contributed by atoms with Gasteiger partial charge in [0.25, 0.3) is 5.91 Å². The van der Waals surface area contributed by atoms with E-state index in [4.69, 9.17) is 5.73 Å². The third kappa shape index (κ3) is 3.29. The first-order valence-corrected chi connectivity index (χ1v) is 6.45. The van der Waals surface area contributed by atoms with Crippen LogP contribution < -0.4 is 11.1 Å². The molecule has 0 aliphatic heterocycles. The fraction of sp³-hybridized carbons (Fsp3) is 0.167. The number of nitrogen functional groups attached to an aromatic ring is 1. The predicted octanol–water partition coefficient (Wildman–Crippen LogP) is 1.09. The number of hydrogen-bond acceptors (Lipinski definition) is 7. The third-order valence-corrected chi connectivity index (χ3v) is 3.27. The number of thiazole rings is 1. The maximum Gasteiger partial charge on any atom is 0.311 e. The maximum atomic E-state index is 11.9. The van der Waals surface area contributed by atoms with Gasteiger partial charge in [-0.25, -0.2) is 4.98 Å². The van der Waals surface area contributed by atoms with Gasteiger partial charge < -0.3 is 10.5 Å². The summed E-state index contributed by atoms with van der Waals surface area (Å²) in [5.41, 5.74) is 6.60. The molecule has 0 bridgehead atoms. The highest BCUT2D eigenvalue weighted by molar-refractivity contribution is 7.19. The quantitative estimate of drug-likeness (QED) is 0.817. The number of ether oxygens (including phenoxy) is 1. The van der Waals surface area contributed by atoms with Crippen LogP contribution in [0.25, 0.3) is 0 Å². The normalized spacial score (nSPS) is 10.1. The van der Waals surface area contributed by atoms with E-state index in [0.29, 0.717) is 21.4 Å². The van der Waals surface area contributed by atoms with Crippen LogP contribution in [0.5, 0.6) is 0 Å². The molecule has 0 aromatic carbocycles. The molecule has 2 rings (SSSR count). The second-order valence-electron chi connectivity index (χ2n) is 3.77. The summed E-state index contributed by atoms with van der Waals surface area (Å²) in [6.07, 6.45) is 3.02. The van der Waals surface area contributed by atoms with Crippen molar-refractivity contribution < 1.29 is 14.3 Å². The van der Waals surface area contributed by atoms with E-state index in [1.54, 1.807) is 12.1 Å². The molecule has 0 radical (unpaired) electrons. The van der Waals surface area contributed by atoms with E-state index in [1.165, 1.54) is 19.5 Å². The standard InChI is InChI=1S/C12H12N4O3S/c1-19-9(17)6-8-10(13)20-12(15-8)16-11(18)7-2-4-14-5-3-7/h2-5H,6,13H2,1H3,(H,15,16,18). The van der Waals surface area contributed by atoms with Crippen LogP contribution in [0.3, 0.4) is 0 Å². The average Bonchev–Trinajstić information content (AvgIpc) is 2.79. The summed E-state index contributed by atoms with van der Waals surface area (Å²) in [6, 6.07) is 3.17. The Morgan fingerprint density at radius 2 is 2.10 bits per heavy atom. The van der Waals surface area contributed by atoms with Gasteiger partial charge in [-0.3, -0.25) is 19.9 Å². The molecular weight excluding hydrogens is 280 g/mol. The van der Waals surface area contributed by atoms with Crippen LogP contribution >= 0.6 is 11.3 Å². The molecule has 3 N–H and O–H groups in total. The van der Waals surface area contributed by atoms with Gasteiger partial charge in [-0.1, -0.05) is 11.3 Å². The molecule has 20 heavy (non-hydrogen) atoms. The molecule has 2 aromatic heterocycles. The minimum absolute atomic E-state index is 0.0238. The number of amides is 1. The lowest BCUT2D eigenvalue weighted by Crippen LogP contribution is -2.12. The first-order valence-electron chi connectivity index (χ1n) is 5.63. The number of nitrogens with one attached hydrogen (secondary N) is 1. The summed E-state index contributed by atoms with van der Waals surface area (Å²) in [4.78, 5) is 31.0. The number of aromatic nitrogens is 2. The van der Waals surface area contributed by atoms with E-state index in [1.807, 2.05) is 0 Å². The van der Waals surface area contributed by atoms with Gasteiger partial charge in [0, 0.05) is 18.0 Å². The molecule has 0 spiro atoms. The largest absolute Gasteiger partial charge is 0.469 e. The molecule has 2 aromatic rings. The van der Waals surface area contributed by atoms with Crippen molar-refractivity contribution in [1.29, 1.82) is 0 Å². The molecule has 0 atom stereocenters. The summed E-state index contributed by atoms with van der Waals surface area (Å²) < 4.78 is 4.54. The Labute approximate surface area is 118 Å². The van der Waals surface area contributed by atoms with Gasteiger partial charge >= 0.3 is 5.97 Å². The van der Waals surface area contributed by atoms with Crippen molar-refractivity contribution in [2.45, 2.75) is 6.42 Å². The van der Waals surface area contributed by atoms with Crippen LogP contribution in [0, 0.1) is 0 Å². The third-order valence-electron chi connectivity index (χ3n) is 2.43. The lowest BCUT2D eigenvalue weighted by Gasteiger charge is -2.00. The predicted molar refractivity (Wildman–Crippen MR) is 74.4 cm³/mol. The maximum absolute atomic E-state index is 11.9. The van der Waals surface area contributed by atoms with Gasteiger partial charge in [0.1, 0.15) is 5.00 Å². The van der Waals surface area contributed by atoms with Crippen molar-refractivity contribution in [3.8, 4) is 0 Å².